The third kappa shape index (κ3) is 4.99. The molecule has 0 bridgehead atoms. The second kappa shape index (κ2) is 5.73. The van der Waals surface area contributed by atoms with E-state index in [-0.39, 0.29) is 0 Å². The number of carboxylic acids is 1. The van der Waals surface area contributed by atoms with Crippen LogP contribution < -0.4 is 5.32 Å². The van der Waals surface area contributed by atoms with Crippen molar-refractivity contribution in [2.75, 3.05) is 0 Å². The van der Waals surface area contributed by atoms with E-state index in [0.29, 0.717) is 5.56 Å². The summed E-state index contributed by atoms with van der Waals surface area (Å²) in [4.78, 5) is 22.9. The minimum Gasteiger partial charge on any atom is -0.479 e. The summed E-state index contributed by atoms with van der Waals surface area (Å²) in [5.74, 6) is -1.13. The Kier molecular flexibility index (Phi) is 4.53. The van der Waals surface area contributed by atoms with Crippen molar-refractivity contribution in [1.82, 2.24) is 5.32 Å². The smallest absolute Gasteiger partial charge is 0.408 e. The van der Waals surface area contributed by atoms with Gasteiger partial charge in [-0.15, -0.1) is 0 Å². The van der Waals surface area contributed by atoms with Crippen LogP contribution in [0.3, 0.4) is 0 Å². The highest BCUT2D eigenvalue weighted by molar-refractivity contribution is 5.81. The maximum Gasteiger partial charge on any atom is 0.408 e. The molecular weight excluding hydrogens is 246 g/mol. The third-order valence-corrected chi connectivity index (χ3v) is 2.28. The molecule has 1 rings (SSSR count). The fraction of sp³-hybridized carbons (Fsp3) is 0.429. The minimum absolute atomic E-state index is 0.512. The molecule has 1 aromatic rings. The number of amides is 1. The molecule has 0 aliphatic carbocycles. The van der Waals surface area contributed by atoms with Crippen LogP contribution in [0.25, 0.3) is 0 Å². The topological polar surface area (TPSA) is 75.6 Å². The Hall–Kier alpha value is -2.04. The van der Waals surface area contributed by atoms with E-state index in [1.54, 1.807) is 39.0 Å². The van der Waals surface area contributed by atoms with Gasteiger partial charge in [-0.05, 0) is 33.3 Å². The molecule has 0 saturated carbocycles. The first kappa shape index (κ1) is 15.0. The van der Waals surface area contributed by atoms with Crippen molar-refractivity contribution in [3.05, 3.63) is 35.4 Å². The molecule has 5 nitrogen and oxygen atoms in total. The van der Waals surface area contributed by atoms with E-state index >= 15 is 0 Å². The van der Waals surface area contributed by atoms with Gasteiger partial charge in [0.15, 0.2) is 6.04 Å². The summed E-state index contributed by atoms with van der Waals surface area (Å²) in [6, 6.07) is 5.86. The number of ether oxygens (including phenoxy) is 1. The van der Waals surface area contributed by atoms with E-state index in [0.717, 1.165) is 5.56 Å². The predicted octanol–water partition coefficient (Wildman–Crippen LogP) is 2.65. The van der Waals surface area contributed by atoms with Gasteiger partial charge in [-0.1, -0.05) is 29.8 Å². The molecule has 19 heavy (non-hydrogen) atoms. The summed E-state index contributed by atoms with van der Waals surface area (Å²) in [7, 11) is 0. The van der Waals surface area contributed by atoms with Gasteiger partial charge in [-0.2, -0.15) is 0 Å². The van der Waals surface area contributed by atoms with Crippen molar-refractivity contribution in [1.29, 1.82) is 0 Å². The van der Waals surface area contributed by atoms with Crippen LogP contribution in [0, 0.1) is 6.92 Å². The van der Waals surface area contributed by atoms with Crippen LogP contribution in [0.4, 0.5) is 4.79 Å². The number of hydrogen-bond acceptors (Lipinski definition) is 3. The highest BCUT2D eigenvalue weighted by Crippen LogP contribution is 2.16. The van der Waals surface area contributed by atoms with Crippen LogP contribution in [-0.4, -0.2) is 22.8 Å². The maximum atomic E-state index is 11.6. The molecule has 2 N–H and O–H groups in total. The number of aliphatic carboxylic acids is 1. The predicted molar refractivity (Wildman–Crippen MR) is 70.9 cm³/mol. The van der Waals surface area contributed by atoms with E-state index in [1.807, 2.05) is 13.0 Å². The van der Waals surface area contributed by atoms with Crippen LogP contribution in [-0.2, 0) is 9.53 Å². The SMILES string of the molecule is Cc1cccc([C@H](NC(=O)OC(C)(C)C)C(=O)O)c1. The molecule has 0 unspecified atom stereocenters. The lowest BCUT2D eigenvalue weighted by molar-refractivity contribution is -0.139. The number of rotatable bonds is 3. The van der Waals surface area contributed by atoms with Crippen molar-refractivity contribution < 1.29 is 19.4 Å². The normalized spacial score (nSPS) is 12.6. The summed E-state index contributed by atoms with van der Waals surface area (Å²) < 4.78 is 5.06. The van der Waals surface area contributed by atoms with Crippen LogP contribution >= 0.6 is 0 Å². The number of carboxylic acid groups (broad SMARTS) is 1. The largest absolute Gasteiger partial charge is 0.479 e. The number of carbonyl (C=O) groups is 2. The molecule has 0 saturated heterocycles. The van der Waals surface area contributed by atoms with Crippen LogP contribution in [0.5, 0.6) is 0 Å². The zero-order valence-electron chi connectivity index (χ0n) is 11.6. The number of alkyl carbamates (subject to hydrolysis) is 1. The van der Waals surface area contributed by atoms with Crippen molar-refractivity contribution in [3.63, 3.8) is 0 Å². The molecule has 1 amide bonds. The summed E-state index contributed by atoms with van der Waals surface area (Å²) in [5, 5.41) is 11.6. The van der Waals surface area contributed by atoms with Crippen molar-refractivity contribution in [2.24, 2.45) is 0 Å². The zero-order valence-corrected chi connectivity index (χ0v) is 11.6. The van der Waals surface area contributed by atoms with Gasteiger partial charge in [0.2, 0.25) is 0 Å². The summed E-state index contributed by atoms with van der Waals surface area (Å²) in [6.45, 7) is 7.01. The molecule has 0 aliphatic rings. The maximum absolute atomic E-state index is 11.6. The Morgan fingerprint density at radius 1 is 1.32 bits per heavy atom. The molecule has 1 atom stereocenters. The number of aryl methyl sites for hydroxylation is 1. The standard InChI is InChI=1S/C14H19NO4/c1-9-6-5-7-10(8-9)11(12(16)17)15-13(18)19-14(2,3)4/h5-8,11H,1-4H3,(H,15,18)(H,16,17)/t11-/m0/s1. The minimum atomic E-state index is -1.13. The first-order valence-corrected chi connectivity index (χ1v) is 5.98. The first-order valence-electron chi connectivity index (χ1n) is 5.98. The molecule has 5 heteroatoms. The highest BCUT2D eigenvalue weighted by atomic mass is 16.6. The second-order valence-electron chi connectivity index (χ2n) is 5.33. The summed E-state index contributed by atoms with van der Waals surface area (Å²) in [6.07, 6.45) is -0.749. The fourth-order valence-corrected chi connectivity index (χ4v) is 1.56. The molecule has 0 spiro atoms. The number of benzene rings is 1. The van der Waals surface area contributed by atoms with E-state index in [2.05, 4.69) is 5.32 Å². The Bertz CT molecular complexity index is 477. The van der Waals surface area contributed by atoms with E-state index in [4.69, 9.17) is 4.74 Å². The Labute approximate surface area is 112 Å². The Morgan fingerprint density at radius 2 is 1.95 bits per heavy atom. The van der Waals surface area contributed by atoms with Crippen molar-refractivity contribution in [2.45, 2.75) is 39.3 Å². The molecule has 0 heterocycles. The van der Waals surface area contributed by atoms with Gasteiger partial charge in [0.1, 0.15) is 5.60 Å². The fourth-order valence-electron chi connectivity index (χ4n) is 1.56. The van der Waals surface area contributed by atoms with Gasteiger partial charge in [0.25, 0.3) is 0 Å². The van der Waals surface area contributed by atoms with Gasteiger partial charge in [0.05, 0.1) is 0 Å². The van der Waals surface area contributed by atoms with Gasteiger partial charge in [0, 0.05) is 0 Å². The van der Waals surface area contributed by atoms with Gasteiger partial charge in [-0.25, -0.2) is 9.59 Å². The number of hydrogen-bond donors (Lipinski definition) is 2. The lowest BCUT2D eigenvalue weighted by atomic mass is 10.0. The molecule has 0 aromatic heterocycles. The Balaban J connectivity index is 2.85. The number of carbonyl (C=O) groups excluding carboxylic acids is 1. The van der Waals surface area contributed by atoms with Crippen molar-refractivity contribution in [3.8, 4) is 0 Å². The molecule has 0 fully saturated rings. The van der Waals surface area contributed by atoms with Crippen LogP contribution in [0.15, 0.2) is 24.3 Å². The zero-order chi connectivity index (χ0) is 14.6. The van der Waals surface area contributed by atoms with Gasteiger partial charge < -0.3 is 15.2 Å². The van der Waals surface area contributed by atoms with Gasteiger partial charge in [-0.3, -0.25) is 0 Å². The van der Waals surface area contributed by atoms with E-state index in [1.165, 1.54) is 0 Å². The van der Waals surface area contributed by atoms with Crippen molar-refractivity contribution >= 4 is 12.1 Å². The molecule has 1 aromatic carbocycles. The highest BCUT2D eigenvalue weighted by Gasteiger charge is 2.25. The molecule has 0 aliphatic heterocycles. The van der Waals surface area contributed by atoms with Gasteiger partial charge >= 0.3 is 12.1 Å². The first-order chi connectivity index (χ1) is 8.69. The average molecular weight is 265 g/mol. The average Bonchev–Trinajstić information content (AvgIpc) is 2.23. The third-order valence-electron chi connectivity index (χ3n) is 2.28. The van der Waals surface area contributed by atoms with Crippen LogP contribution in [0.1, 0.15) is 37.9 Å². The van der Waals surface area contributed by atoms with E-state index < -0.39 is 23.7 Å². The Morgan fingerprint density at radius 3 is 2.42 bits per heavy atom. The molecule has 104 valence electrons. The number of nitrogens with one attached hydrogen (secondary N) is 1. The summed E-state index contributed by atoms with van der Waals surface area (Å²) >= 11 is 0. The molecule has 0 radical (unpaired) electrons. The lowest BCUT2D eigenvalue weighted by Gasteiger charge is -2.22. The van der Waals surface area contributed by atoms with E-state index in [9.17, 15) is 14.7 Å². The monoisotopic (exact) mass is 265 g/mol. The second-order valence-corrected chi connectivity index (χ2v) is 5.33. The lowest BCUT2D eigenvalue weighted by Crippen LogP contribution is -2.38. The quantitative estimate of drug-likeness (QED) is 0.881. The van der Waals surface area contributed by atoms with Crippen LogP contribution in [0.2, 0.25) is 0 Å². The molecular formula is C14H19NO4. The summed E-state index contributed by atoms with van der Waals surface area (Å²) in [5.41, 5.74) is 0.771.